The topological polar surface area (TPSA) is 0 Å². The Labute approximate surface area is 140 Å². The van der Waals surface area contributed by atoms with Crippen molar-refractivity contribution >= 4 is 0 Å². The Morgan fingerprint density at radius 2 is 1.10 bits per heavy atom. The molecule has 2 aliphatic carbocycles. The Hall–Kier alpha value is -1.14. The molecule has 2 fully saturated rings. The van der Waals surface area contributed by atoms with Crippen molar-refractivity contribution in [2.24, 2.45) is 0 Å². The fourth-order valence-electron chi connectivity index (χ4n) is 1.57. The van der Waals surface area contributed by atoms with Crippen molar-refractivity contribution in [3.63, 3.8) is 0 Å². The first-order valence-electron chi connectivity index (χ1n) is 6.35. The molecule has 0 spiro atoms. The van der Waals surface area contributed by atoms with Gasteiger partial charge in [-0.15, -0.1) is 6.42 Å². The zero-order valence-corrected chi connectivity index (χ0v) is 12.5. The summed E-state index contributed by atoms with van der Waals surface area (Å²) in [5, 5.41) is 0. The largest absolute Gasteiger partial charge is 2.00 e. The molecule has 1 aromatic carbocycles. The van der Waals surface area contributed by atoms with Crippen molar-refractivity contribution in [2.75, 3.05) is 0 Å². The van der Waals surface area contributed by atoms with Crippen LogP contribution in [0.1, 0.15) is 11.1 Å². The monoisotopic (exact) mass is 310 g/mol. The molecule has 0 unspecified atom stereocenters. The van der Waals surface area contributed by atoms with Gasteiger partial charge in [0.25, 0.3) is 0 Å². The molecule has 2 saturated carbocycles. The molecule has 0 amide bonds. The van der Waals surface area contributed by atoms with Gasteiger partial charge in [0.1, 0.15) is 0 Å². The molecule has 0 N–H and O–H groups in total. The number of benzene rings is 1. The second-order valence-corrected chi connectivity index (χ2v) is 4.11. The second kappa shape index (κ2) is 10.6. The van der Waals surface area contributed by atoms with E-state index in [4.69, 9.17) is 6.42 Å². The van der Waals surface area contributed by atoms with E-state index >= 15 is 0 Å². The van der Waals surface area contributed by atoms with Crippen molar-refractivity contribution in [1.82, 2.24) is 0 Å². The van der Waals surface area contributed by atoms with Gasteiger partial charge in [-0.3, -0.25) is 0 Å². The third kappa shape index (κ3) is 6.91. The Balaban J connectivity index is 0.000000313. The van der Waals surface area contributed by atoms with Crippen molar-refractivity contribution in [3.8, 4) is 24.2 Å². The van der Waals surface area contributed by atoms with Crippen LogP contribution in [0.5, 0.6) is 0 Å². The van der Waals surface area contributed by atoms with Crippen LogP contribution < -0.4 is 0 Å². The molecule has 0 aliphatic heterocycles. The van der Waals surface area contributed by atoms with Crippen LogP contribution in [0.3, 0.4) is 0 Å². The summed E-state index contributed by atoms with van der Waals surface area (Å²) in [6.07, 6.45) is 23.2. The molecule has 21 heavy (non-hydrogen) atoms. The molecule has 0 heterocycles. The van der Waals surface area contributed by atoms with Gasteiger partial charge < -0.3 is 0 Å². The van der Waals surface area contributed by atoms with Crippen LogP contribution in [0.15, 0.2) is 24.3 Å². The van der Waals surface area contributed by atoms with Gasteiger partial charge in [-0.05, 0) is 82.1 Å². The Morgan fingerprint density at radius 1 is 0.619 bits per heavy atom. The average molecular weight is 310 g/mol. The van der Waals surface area contributed by atoms with Crippen molar-refractivity contribution in [1.29, 1.82) is 0 Å². The molecule has 0 aromatic heterocycles. The van der Waals surface area contributed by atoms with E-state index in [0.717, 1.165) is 17.0 Å². The van der Waals surface area contributed by atoms with Crippen LogP contribution in [0.2, 0.25) is 0 Å². The van der Waals surface area contributed by atoms with Gasteiger partial charge >= 0.3 is 17.1 Å². The summed E-state index contributed by atoms with van der Waals surface area (Å²) in [6, 6.07) is 7.67. The molecule has 0 atom stereocenters. The normalized spacial score (nSPS) is 16.7. The summed E-state index contributed by atoms with van der Waals surface area (Å²) in [6.45, 7) is 0. The van der Waals surface area contributed by atoms with E-state index in [0.29, 0.717) is 0 Å². The molecule has 10 radical (unpaired) electrons. The standard InChI is InChI=1S/C15H9.C5H5.Fe/c1-2-13-7-9-15(10-8-13)12-11-14-5-3-4-6-14;1-2-4-5-3-1;/h1,3-10H;1-5H;/q;;+2. The predicted octanol–water partition coefficient (Wildman–Crippen LogP) is 3.44. The maximum absolute atomic E-state index is 5.26. The minimum absolute atomic E-state index is 0. The van der Waals surface area contributed by atoms with Gasteiger partial charge in [0.05, 0.1) is 5.92 Å². The molecule has 2 aliphatic rings. The fourth-order valence-corrected chi connectivity index (χ4v) is 1.57. The third-order valence-electron chi connectivity index (χ3n) is 2.62. The first-order valence-corrected chi connectivity index (χ1v) is 6.35. The average Bonchev–Trinajstić information content (AvgIpc) is 3.21. The summed E-state index contributed by atoms with van der Waals surface area (Å²) >= 11 is 0. The molecular weight excluding hydrogens is 296 g/mol. The molecule has 0 saturated heterocycles. The van der Waals surface area contributed by atoms with Gasteiger partial charge in [-0.2, -0.15) is 0 Å². The maximum Gasteiger partial charge on any atom is 2.00 e. The molecule has 1 heteroatoms. The van der Waals surface area contributed by atoms with Gasteiger partial charge in [0.15, 0.2) is 0 Å². The molecular formula is C20H14Fe+2. The Morgan fingerprint density at radius 3 is 1.57 bits per heavy atom. The number of hydrogen-bond donors (Lipinski definition) is 0. The molecule has 1 aromatic rings. The van der Waals surface area contributed by atoms with E-state index in [1.807, 2.05) is 82.1 Å². The van der Waals surface area contributed by atoms with E-state index in [-0.39, 0.29) is 17.1 Å². The smallest absolute Gasteiger partial charge is 0.115 e. The van der Waals surface area contributed by atoms with Gasteiger partial charge in [0.2, 0.25) is 0 Å². The summed E-state index contributed by atoms with van der Waals surface area (Å²) in [5.74, 6) is 9.77. The first-order chi connectivity index (χ1) is 9.88. The van der Waals surface area contributed by atoms with Crippen LogP contribution in [-0.4, -0.2) is 0 Å². The summed E-state index contributed by atoms with van der Waals surface area (Å²) in [7, 11) is 0. The van der Waals surface area contributed by atoms with E-state index in [1.54, 1.807) is 0 Å². The first kappa shape index (κ1) is 17.9. The second-order valence-electron chi connectivity index (χ2n) is 4.11. The SMILES string of the molecule is C#Cc1ccc(C#C[C]2[CH][CH][CH][CH]2)cc1.[CH]1[CH][CH][CH][CH]1.[Fe+2]. The third-order valence-corrected chi connectivity index (χ3v) is 2.62. The van der Waals surface area contributed by atoms with E-state index < -0.39 is 0 Å². The van der Waals surface area contributed by atoms with Gasteiger partial charge in [-0.25, -0.2) is 0 Å². The van der Waals surface area contributed by atoms with Crippen molar-refractivity contribution in [3.05, 3.63) is 99.1 Å². The van der Waals surface area contributed by atoms with Crippen molar-refractivity contribution in [2.45, 2.75) is 0 Å². The minimum atomic E-state index is 0. The predicted molar refractivity (Wildman–Crippen MR) is 83.2 cm³/mol. The number of terminal acetylenes is 1. The quantitative estimate of drug-likeness (QED) is 0.509. The number of rotatable bonds is 0. The summed E-state index contributed by atoms with van der Waals surface area (Å²) < 4.78 is 0. The Bertz CT molecular complexity index is 478. The van der Waals surface area contributed by atoms with Crippen LogP contribution in [0, 0.1) is 87.9 Å². The maximum atomic E-state index is 5.26. The minimum Gasteiger partial charge on any atom is -0.115 e. The summed E-state index contributed by atoms with van der Waals surface area (Å²) in [5.41, 5.74) is 1.86. The van der Waals surface area contributed by atoms with Crippen LogP contribution in [0.25, 0.3) is 0 Å². The summed E-state index contributed by atoms with van der Waals surface area (Å²) in [4.78, 5) is 0. The van der Waals surface area contributed by atoms with Gasteiger partial charge in [-0.1, -0.05) is 17.8 Å². The zero-order valence-electron chi connectivity index (χ0n) is 11.4. The van der Waals surface area contributed by atoms with E-state index in [9.17, 15) is 0 Å². The molecule has 3 rings (SSSR count). The van der Waals surface area contributed by atoms with Crippen LogP contribution >= 0.6 is 0 Å². The van der Waals surface area contributed by atoms with E-state index in [2.05, 4.69) is 17.8 Å². The zero-order chi connectivity index (χ0) is 14.0. The van der Waals surface area contributed by atoms with Gasteiger partial charge in [0, 0.05) is 11.1 Å². The molecule has 0 nitrogen and oxygen atoms in total. The van der Waals surface area contributed by atoms with Crippen LogP contribution in [-0.2, 0) is 17.1 Å². The fraction of sp³-hybridized carbons (Fsp3) is 0. The van der Waals surface area contributed by atoms with Crippen LogP contribution in [0.4, 0.5) is 0 Å². The molecule has 0 bridgehead atoms. The van der Waals surface area contributed by atoms with E-state index in [1.165, 1.54) is 0 Å². The molecule has 100 valence electrons. The van der Waals surface area contributed by atoms with Crippen molar-refractivity contribution < 1.29 is 17.1 Å². The number of hydrogen-bond acceptors (Lipinski definition) is 0. The Kier molecular flexibility index (Phi) is 9.01.